The van der Waals surface area contributed by atoms with Crippen LogP contribution in [0.15, 0.2) is 42.7 Å². The molecule has 0 saturated carbocycles. The van der Waals surface area contributed by atoms with Gasteiger partial charge >= 0.3 is 0 Å². The van der Waals surface area contributed by atoms with Crippen molar-refractivity contribution in [3.63, 3.8) is 0 Å². The zero-order chi connectivity index (χ0) is 17.1. The monoisotopic (exact) mass is 338 g/mol. The Labute approximate surface area is 144 Å². The van der Waals surface area contributed by atoms with Crippen LogP contribution in [0.1, 0.15) is 38.3 Å². The maximum Gasteiger partial charge on any atom is 0.0596 e. The molecule has 128 valence electrons. The highest BCUT2D eigenvalue weighted by atomic mass is 35.5. The average molecular weight is 339 g/mol. The Bertz CT molecular complexity index is 512. The van der Waals surface area contributed by atoms with Gasteiger partial charge in [-0.05, 0) is 56.9 Å². The Kier molecular flexibility index (Phi) is 9.60. The molecule has 0 aliphatic carbocycles. The van der Waals surface area contributed by atoms with Crippen molar-refractivity contribution < 1.29 is 9.84 Å². The van der Waals surface area contributed by atoms with Gasteiger partial charge in [0.15, 0.2) is 0 Å². The van der Waals surface area contributed by atoms with Crippen molar-refractivity contribution in [3.05, 3.63) is 53.3 Å². The number of aromatic nitrogens is 2. The van der Waals surface area contributed by atoms with E-state index >= 15 is 0 Å². The highest BCUT2D eigenvalue weighted by molar-refractivity contribution is 6.30. The first-order valence-electron chi connectivity index (χ1n) is 7.94. The third-order valence-corrected chi connectivity index (χ3v) is 3.76. The summed E-state index contributed by atoms with van der Waals surface area (Å²) in [5.74, 6) is 0. The smallest absolute Gasteiger partial charge is 0.0596 e. The predicted octanol–water partition coefficient (Wildman–Crippen LogP) is 4.13. The maximum atomic E-state index is 8.80. The number of ether oxygens (including phenoxy) is 1. The summed E-state index contributed by atoms with van der Waals surface area (Å²) < 4.78 is 7.17. The Morgan fingerprint density at radius 1 is 1.22 bits per heavy atom. The fourth-order valence-corrected chi connectivity index (χ4v) is 2.21. The van der Waals surface area contributed by atoms with Crippen molar-refractivity contribution >= 4 is 11.6 Å². The minimum Gasteiger partial charge on any atom is -0.396 e. The number of hydrogen-bond acceptors (Lipinski definition) is 3. The van der Waals surface area contributed by atoms with Crippen molar-refractivity contribution in [2.45, 2.75) is 45.3 Å². The largest absolute Gasteiger partial charge is 0.396 e. The number of nitrogens with zero attached hydrogens (tertiary/aromatic N) is 2. The van der Waals surface area contributed by atoms with Gasteiger partial charge in [0.1, 0.15) is 0 Å². The van der Waals surface area contributed by atoms with Crippen molar-refractivity contribution in [1.82, 2.24) is 9.78 Å². The molecule has 1 aromatic heterocycles. The number of aliphatic hydroxyl groups is 1. The average Bonchev–Trinajstić information content (AvgIpc) is 3.08. The highest BCUT2D eigenvalue weighted by Crippen LogP contribution is 2.13. The first kappa shape index (κ1) is 19.7. The number of halogens is 1. The van der Waals surface area contributed by atoms with E-state index in [1.807, 2.05) is 41.2 Å². The van der Waals surface area contributed by atoms with E-state index < -0.39 is 0 Å². The van der Waals surface area contributed by atoms with Crippen LogP contribution in [0.5, 0.6) is 0 Å². The van der Waals surface area contributed by atoms with E-state index in [2.05, 4.69) is 18.9 Å². The summed E-state index contributed by atoms with van der Waals surface area (Å²) in [5.41, 5.74) is 1.25. The fourth-order valence-electron chi connectivity index (χ4n) is 2.09. The second kappa shape index (κ2) is 11.2. The molecule has 5 heteroatoms. The number of rotatable bonds is 7. The lowest BCUT2D eigenvalue weighted by molar-refractivity contribution is 0.0714. The second-order valence-corrected chi connectivity index (χ2v) is 6.05. The van der Waals surface area contributed by atoms with Crippen LogP contribution >= 0.6 is 11.6 Å². The molecule has 2 aromatic rings. The van der Waals surface area contributed by atoms with Crippen LogP contribution in [-0.4, -0.2) is 34.7 Å². The lowest BCUT2D eigenvalue weighted by atomic mass is 10.1. The van der Waals surface area contributed by atoms with Crippen LogP contribution < -0.4 is 0 Å². The maximum absolute atomic E-state index is 8.80. The van der Waals surface area contributed by atoms with Gasteiger partial charge in [0.05, 0.1) is 6.10 Å². The third-order valence-electron chi connectivity index (χ3n) is 3.51. The summed E-state index contributed by atoms with van der Waals surface area (Å²) in [6, 6.07) is 10.3. The Hall–Kier alpha value is -1.36. The van der Waals surface area contributed by atoms with E-state index in [-0.39, 0.29) is 12.7 Å². The van der Waals surface area contributed by atoms with Gasteiger partial charge in [-0.1, -0.05) is 23.7 Å². The molecule has 1 unspecified atom stereocenters. The van der Waals surface area contributed by atoms with Crippen molar-refractivity contribution in [2.24, 2.45) is 0 Å². The first-order valence-corrected chi connectivity index (χ1v) is 8.31. The van der Waals surface area contributed by atoms with Crippen LogP contribution in [-0.2, 0) is 11.2 Å². The topological polar surface area (TPSA) is 47.3 Å². The van der Waals surface area contributed by atoms with E-state index in [4.69, 9.17) is 21.4 Å². The summed E-state index contributed by atoms with van der Waals surface area (Å²) in [4.78, 5) is 0. The fraction of sp³-hybridized carbons (Fsp3) is 0.500. The van der Waals surface area contributed by atoms with E-state index in [1.165, 1.54) is 5.56 Å². The van der Waals surface area contributed by atoms with E-state index in [0.717, 1.165) is 17.9 Å². The van der Waals surface area contributed by atoms with Gasteiger partial charge in [0.2, 0.25) is 0 Å². The normalized spacial score (nSPS) is 11.9. The SMILES string of the molecule is CC(C)n1cccn1.COC(CCO)CCc1ccc(Cl)cc1. The van der Waals surface area contributed by atoms with Crippen LogP contribution in [0.25, 0.3) is 0 Å². The Morgan fingerprint density at radius 3 is 2.35 bits per heavy atom. The van der Waals surface area contributed by atoms with Crippen LogP contribution in [0.3, 0.4) is 0 Å². The molecule has 1 N–H and O–H groups in total. The summed E-state index contributed by atoms with van der Waals surface area (Å²) in [7, 11) is 1.68. The lowest BCUT2D eigenvalue weighted by Crippen LogP contribution is -2.13. The standard InChI is InChI=1S/C12H17ClO2.C6H10N2/c1-15-12(8-9-14)7-4-10-2-5-11(13)6-3-10;1-6(2)8-5-3-4-7-8/h2-3,5-6,12,14H,4,7-9H2,1H3;3-6H,1-2H3. The first-order chi connectivity index (χ1) is 11.1. The third kappa shape index (κ3) is 8.16. The lowest BCUT2D eigenvalue weighted by Gasteiger charge is -2.13. The molecule has 4 nitrogen and oxygen atoms in total. The predicted molar refractivity (Wildman–Crippen MR) is 94.9 cm³/mol. The molecule has 0 spiro atoms. The van der Waals surface area contributed by atoms with Crippen molar-refractivity contribution in [1.29, 1.82) is 0 Å². The molecule has 1 aromatic carbocycles. The molecule has 0 aliphatic rings. The molecular weight excluding hydrogens is 312 g/mol. The summed E-state index contributed by atoms with van der Waals surface area (Å²) in [5, 5.41) is 13.6. The zero-order valence-corrected chi connectivity index (χ0v) is 14.9. The van der Waals surface area contributed by atoms with Crippen molar-refractivity contribution in [3.8, 4) is 0 Å². The molecule has 0 amide bonds. The van der Waals surface area contributed by atoms with Crippen molar-refractivity contribution in [2.75, 3.05) is 13.7 Å². The molecule has 0 aliphatic heterocycles. The molecule has 1 heterocycles. The van der Waals surface area contributed by atoms with Crippen LogP contribution in [0, 0.1) is 0 Å². The van der Waals surface area contributed by atoms with Crippen LogP contribution in [0.4, 0.5) is 0 Å². The number of hydrogen-bond donors (Lipinski definition) is 1. The van der Waals surface area contributed by atoms with Gasteiger partial charge in [-0.2, -0.15) is 5.10 Å². The van der Waals surface area contributed by atoms with Gasteiger partial charge in [-0.25, -0.2) is 0 Å². The van der Waals surface area contributed by atoms with E-state index in [1.54, 1.807) is 13.3 Å². The summed E-state index contributed by atoms with van der Waals surface area (Å²) in [6.07, 6.45) is 6.48. The van der Waals surface area contributed by atoms with Gasteiger partial charge in [-0.15, -0.1) is 0 Å². The molecule has 0 saturated heterocycles. The van der Waals surface area contributed by atoms with Crippen LogP contribution in [0.2, 0.25) is 5.02 Å². The molecular formula is C18H27ClN2O2. The molecule has 1 atom stereocenters. The van der Waals surface area contributed by atoms with Gasteiger partial charge in [-0.3, -0.25) is 4.68 Å². The Balaban J connectivity index is 0.000000277. The summed E-state index contributed by atoms with van der Waals surface area (Å²) >= 11 is 5.79. The Morgan fingerprint density at radius 2 is 1.91 bits per heavy atom. The molecule has 0 radical (unpaired) electrons. The van der Waals surface area contributed by atoms with Gasteiger partial charge in [0.25, 0.3) is 0 Å². The minimum absolute atomic E-state index is 0.144. The number of aliphatic hydroxyl groups excluding tert-OH is 1. The number of benzene rings is 1. The minimum atomic E-state index is 0.144. The zero-order valence-electron chi connectivity index (χ0n) is 14.2. The number of methoxy groups -OCH3 is 1. The molecule has 0 bridgehead atoms. The highest BCUT2D eigenvalue weighted by Gasteiger charge is 2.06. The summed E-state index contributed by atoms with van der Waals surface area (Å²) in [6.45, 7) is 4.39. The molecule has 0 fully saturated rings. The van der Waals surface area contributed by atoms with E-state index in [0.29, 0.717) is 12.5 Å². The second-order valence-electron chi connectivity index (χ2n) is 5.61. The quantitative estimate of drug-likeness (QED) is 0.825. The number of aryl methyl sites for hydroxylation is 1. The van der Waals surface area contributed by atoms with Gasteiger partial charge in [0, 0.05) is 37.2 Å². The van der Waals surface area contributed by atoms with E-state index in [9.17, 15) is 0 Å². The van der Waals surface area contributed by atoms with Gasteiger partial charge < -0.3 is 9.84 Å². The molecule has 2 rings (SSSR count). The molecule has 23 heavy (non-hydrogen) atoms.